The van der Waals surface area contributed by atoms with E-state index in [4.69, 9.17) is 9.47 Å². The Morgan fingerprint density at radius 3 is 2.29 bits per heavy atom. The first kappa shape index (κ1) is 24.3. The summed E-state index contributed by atoms with van der Waals surface area (Å²) >= 11 is 1.38. The second-order valence-electron chi connectivity index (χ2n) is 7.72. The first-order valence-corrected chi connectivity index (χ1v) is 12.2. The lowest BCUT2D eigenvalue weighted by Crippen LogP contribution is -2.36. The zero-order chi connectivity index (χ0) is 24.8. The number of nitrogens with zero attached hydrogens (tertiary/aromatic N) is 4. The molecule has 0 radical (unpaired) electrons. The predicted molar refractivity (Wildman–Crippen MR) is 140 cm³/mol. The molecule has 7 nitrogen and oxygen atoms in total. The van der Waals surface area contributed by atoms with Crippen LogP contribution in [0.4, 0.5) is 5.69 Å². The molecule has 35 heavy (non-hydrogen) atoms. The maximum atomic E-state index is 13.4. The van der Waals surface area contributed by atoms with Crippen molar-refractivity contribution in [3.63, 3.8) is 0 Å². The molecule has 3 aromatic carbocycles. The van der Waals surface area contributed by atoms with E-state index in [1.54, 1.807) is 19.1 Å². The standard InChI is InChI=1S/C27H28N4O3S/c1-5-30(20-11-7-6-8-12-20)26(32)19(2)35-27-29-28-25(23-13-9-10-14-24(23)34-4)31(27)21-15-17-22(33-3)18-16-21/h6-19H,5H2,1-4H3. The minimum absolute atomic E-state index is 0.00632. The van der Waals surface area contributed by atoms with Crippen LogP contribution in [0.1, 0.15) is 13.8 Å². The molecule has 8 heteroatoms. The van der Waals surface area contributed by atoms with Crippen molar-refractivity contribution in [2.45, 2.75) is 24.3 Å². The van der Waals surface area contributed by atoms with E-state index >= 15 is 0 Å². The van der Waals surface area contributed by atoms with E-state index in [9.17, 15) is 4.79 Å². The molecule has 0 saturated heterocycles. The van der Waals surface area contributed by atoms with Crippen molar-refractivity contribution in [2.24, 2.45) is 0 Å². The van der Waals surface area contributed by atoms with E-state index in [1.807, 2.05) is 97.3 Å². The van der Waals surface area contributed by atoms with Gasteiger partial charge in [-0.15, -0.1) is 10.2 Å². The number of thioether (sulfide) groups is 1. The Hall–Kier alpha value is -3.78. The van der Waals surface area contributed by atoms with Gasteiger partial charge in [-0.3, -0.25) is 9.36 Å². The first-order chi connectivity index (χ1) is 17.1. The van der Waals surface area contributed by atoms with E-state index in [0.717, 1.165) is 22.7 Å². The lowest BCUT2D eigenvalue weighted by Gasteiger charge is -2.24. The second kappa shape index (κ2) is 11.1. The van der Waals surface area contributed by atoms with Gasteiger partial charge in [0.1, 0.15) is 11.5 Å². The SMILES string of the molecule is CCN(C(=O)C(C)Sc1nnc(-c2ccccc2OC)n1-c1ccc(OC)cc1)c1ccccc1. The molecule has 4 aromatic rings. The number of ether oxygens (including phenoxy) is 2. The summed E-state index contributed by atoms with van der Waals surface area (Å²) in [6.07, 6.45) is 0. The maximum absolute atomic E-state index is 13.4. The number of hydrogen-bond donors (Lipinski definition) is 0. The van der Waals surface area contributed by atoms with Crippen molar-refractivity contribution in [1.29, 1.82) is 0 Å². The van der Waals surface area contributed by atoms with E-state index < -0.39 is 0 Å². The van der Waals surface area contributed by atoms with E-state index in [0.29, 0.717) is 23.3 Å². The molecule has 0 N–H and O–H groups in total. The molecule has 1 amide bonds. The highest BCUT2D eigenvalue weighted by molar-refractivity contribution is 8.00. The number of methoxy groups -OCH3 is 2. The fourth-order valence-corrected chi connectivity index (χ4v) is 4.75. The Morgan fingerprint density at radius 2 is 1.63 bits per heavy atom. The van der Waals surface area contributed by atoms with Crippen LogP contribution in [0, 0.1) is 0 Å². The van der Waals surface area contributed by atoms with Crippen LogP contribution in [0.3, 0.4) is 0 Å². The minimum Gasteiger partial charge on any atom is -0.497 e. The van der Waals surface area contributed by atoms with Gasteiger partial charge in [0.15, 0.2) is 11.0 Å². The summed E-state index contributed by atoms with van der Waals surface area (Å²) in [6.45, 7) is 4.45. The van der Waals surface area contributed by atoms with Crippen molar-refractivity contribution >= 4 is 23.4 Å². The lowest BCUT2D eigenvalue weighted by atomic mass is 10.2. The van der Waals surface area contributed by atoms with Gasteiger partial charge >= 0.3 is 0 Å². The van der Waals surface area contributed by atoms with Crippen molar-refractivity contribution < 1.29 is 14.3 Å². The van der Waals surface area contributed by atoms with Gasteiger partial charge < -0.3 is 14.4 Å². The number of amides is 1. The second-order valence-corrected chi connectivity index (χ2v) is 9.03. The topological polar surface area (TPSA) is 69.5 Å². The van der Waals surface area contributed by atoms with Crippen LogP contribution in [0.15, 0.2) is 84.0 Å². The smallest absolute Gasteiger partial charge is 0.240 e. The largest absolute Gasteiger partial charge is 0.497 e. The Balaban J connectivity index is 1.73. The number of carbonyl (C=O) groups excluding carboxylic acids is 1. The molecular formula is C27H28N4O3S. The Morgan fingerprint density at radius 1 is 0.943 bits per heavy atom. The van der Waals surface area contributed by atoms with Crippen molar-refractivity contribution in [3.05, 3.63) is 78.9 Å². The molecule has 0 fully saturated rings. The van der Waals surface area contributed by atoms with Gasteiger partial charge in [-0.05, 0) is 62.4 Å². The number of benzene rings is 3. The molecule has 1 heterocycles. The van der Waals surface area contributed by atoms with Gasteiger partial charge in [-0.25, -0.2) is 0 Å². The third kappa shape index (κ3) is 5.17. The van der Waals surface area contributed by atoms with E-state index in [-0.39, 0.29) is 11.2 Å². The summed E-state index contributed by atoms with van der Waals surface area (Å²) in [7, 11) is 3.26. The molecule has 0 spiro atoms. The van der Waals surface area contributed by atoms with Crippen molar-refractivity contribution in [2.75, 3.05) is 25.7 Å². The van der Waals surface area contributed by atoms with E-state index in [1.165, 1.54) is 11.8 Å². The Kier molecular flexibility index (Phi) is 7.72. The molecule has 1 aromatic heterocycles. The molecule has 0 aliphatic carbocycles. The quantitative estimate of drug-likeness (QED) is 0.290. The van der Waals surface area contributed by atoms with Gasteiger partial charge in [-0.1, -0.05) is 42.1 Å². The van der Waals surface area contributed by atoms with Crippen LogP contribution < -0.4 is 14.4 Å². The molecule has 4 rings (SSSR count). The highest BCUT2D eigenvalue weighted by Crippen LogP contribution is 2.35. The summed E-state index contributed by atoms with van der Waals surface area (Å²) in [6, 6.07) is 25.0. The fourth-order valence-electron chi connectivity index (χ4n) is 3.82. The Bertz CT molecular complexity index is 1280. The van der Waals surface area contributed by atoms with E-state index in [2.05, 4.69) is 10.2 Å². The molecule has 0 saturated carbocycles. The summed E-state index contributed by atoms with van der Waals surface area (Å²) in [5.74, 6) is 2.08. The monoisotopic (exact) mass is 488 g/mol. The fraction of sp³-hybridized carbons (Fsp3) is 0.222. The number of anilines is 1. The third-order valence-corrected chi connectivity index (χ3v) is 6.62. The minimum atomic E-state index is -0.387. The maximum Gasteiger partial charge on any atom is 0.240 e. The number of aromatic nitrogens is 3. The van der Waals surface area contributed by atoms with Gasteiger partial charge in [0.05, 0.1) is 30.7 Å². The lowest BCUT2D eigenvalue weighted by molar-refractivity contribution is -0.117. The highest BCUT2D eigenvalue weighted by atomic mass is 32.2. The molecular weight excluding hydrogens is 460 g/mol. The van der Waals surface area contributed by atoms with Crippen LogP contribution in [-0.4, -0.2) is 46.7 Å². The predicted octanol–water partition coefficient (Wildman–Crippen LogP) is 5.49. The molecule has 180 valence electrons. The first-order valence-electron chi connectivity index (χ1n) is 11.3. The summed E-state index contributed by atoms with van der Waals surface area (Å²) in [5.41, 5.74) is 2.54. The van der Waals surface area contributed by atoms with Gasteiger partial charge in [0.25, 0.3) is 0 Å². The number of rotatable bonds is 9. The van der Waals surface area contributed by atoms with Crippen molar-refractivity contribution in [3.8, 4) is 28.6 Å². The van der Waals surface area contributed by atoms with Crippen LogP contribution in [-0.2, 0) is 4.79 Å². The normalized spacial score (nSPS) is 11.7. The van der Waals surface area contributed by atoms with Gasteiger partial charge in [-0.2, -0.15) is 0 Å². The summed E-state index contributed by atoms with van der Waals surface area (Å²) < 4.78 is 12.9. The van der Waals surface area contributed by atoms with Crippen LogP contribution in [0.25, 0.3) is 17.1 Å². The number of hydrogen-bond acceptors (Lipinski definition) is 6. The highest BCUT2D eigenvalue weighted by Gasteiger charge is 2.26. The average molecular weight is 489 g/mol. The molecule has 1 unspecified atom stereocenters. The molecule has 1 atom stereocenters. The summed E-state index contributed by atoms with van der Waals surface area (Å²) in [5, 5.41) is 9.22. The number of para-hydroxylation sites is 2. The zero-order valence-electron chi connectivity index (χ0n) is 20.2. The summed E-state index contributed by atoms with van der Waals surface area (Å²) in [4.78, 5) is 15.2. The van der Waals surface area contributed by atoms with Crippen LogP contribution in [0.5, 0.6) is 11.5 Å². The van der Waals surface area contributed by atoms with Crippen LogP contribution in [0.2, 0.25) is 0 Å². The average Bonchev–Trinajstić information content (AvgIpc) is 3.32. The van der Waals surface area contributed by atoms with Crippen molar-refractivity contribution in [1.82, 2.24) is 14.8 Å². The van der Waals surface area contributed by atoms with Gasteiger partial charge in [0, 0.05) is 12.2 Å². The zero-order valence-corrected chi connectivity index (χ0v) is 21.0. The molecule has 0 bridgehead atoms. The number of carbonyl (C=O) groups is 1. The Labute approximate surface area is 209 Å². The molecule has 0 aliphatic heterocycles. The van der Waals surface area contributed by atoms with Crippen LogP contribution >= 0.6 is 11.8 Å². The van der Waals surface area contributed by atoms with Gasteiger partial charge in [0.2, 0.25) is 5.91 Å². The molecule has 0 aliphatic rings. The third-order valence-electron chi connectivity index (χ3n) is 5.59.